The van der Waals surface area contributed by atoms with Crippen LogP contribution in [0.3, 0.4) is 0 Å². The first-order valence-electron chi connectivity index (χ1n) is 27.3. The summed E-state index contributed by atoms with van der Waals surface area (Å²) in [4.78, 5) is 38.1. The molecule has 3 unspecified atom stereocenters. The van der Waals surface area contributed by atoms with Gasteiger partial charge in [-0.2, -0.15) is 0 Å². The van der Waals surface area contributed by atoms with Crippen molar-refractivity contribution in [2.24, 2.45) is 0 Å². The maximum Gasteiger partial charge on any atom is 0.193 e. The minimum atomic E-state index is -1.20. The molecule has 0 bridgehead atoms. The molecule has 2 aliphatic carbocycles. The zero-order valence-corrected chi connectivity index (χ0v) is 43.8. The molecular weight excluding hydrogens is 975 g/mol. The Hall–Kier alpha value is -10.4. The lowest BCUT2D eigenvalue weighted by Gasteiger charge is -2.39. The highest BCUT2D eigenvalue weighted by Crippen LogP contribution is 2.64. The SMILES string of the molecule is O=C(c1ccccc1)c1cc(C(=O)c2ccccc2)cc(C2(c3cc(N(c4ccccc4)c4ccccc4)cc(N(c4ccccc4)c4ccccc4)c3)c3ccccc3-c3ccc4c(c32)N(c2ccccc2)C2C=CC=CC42)c1. The first-order valence-corrected chi connectivity index (χ1v) is 27.3. The van der Waals surface area contributed by atoms with E-state index >= 15 is 9.59 Å². The molecule has 1 heterocycles. The van der Waals surface area contributed by atoms with Crippen LogP contribution in [0.15, 0.2) is 309 Å². The van der Waals surface area contributed by atoms with Crippen LogP contribution in [0.1, 0.15) is 65.6 Å². The Morgan fingerprint density at radius 3 is 1.29 bits per heavy atom. The largest absolute Gasteiger partial charge is 0.333 e. The average molecular weight is 1030 g/mol. The number of hydrogen-bond donors (Lipinski definition) is 0. The van der Waals surface area contributed by atoms with Gasteiger partial charge in [0.05, 0.1) is 17.1 Å². The predicted molar refractivity (Wildman–Crippen MR) is 326 cm³/mol. The molecule has 14 rings (SSSR count). The van der Waals surface area contributed by atoms with E-state index in [1.54, 1.807) is 6.07 Å². The van der Waals surface area contributed by atoms with Crippen molar-refractivity contribution in [2.75, 3.05) is 14.7 Å². The van der Waals surface area contributed by atoms with Crippen LogP contribution in [0.2, 0.25) is 0 Å². The summed E-state index contributed by atoms with van der Waals surface area (Å²) in [6.45, 7) is 0. The Balaban J connectivity index is 1.18. The summed E-state index contributed by atoms with van der Waals surface area (Å²) in [6.07, 6.45) is 9.02. The van der Waals surface area contributed by atoms with E-state index in [9.17, 15) is 0 Å². The third-order valence-electron chi connectivity index (χ3n) is 16.1. The van der Waals surface area contributed by atoms with Gasteiger partial charge >= 0.3 is 0 Å². The fraction of sp³-hybridized carbons (Fsp3) is 0.0400. The van der Waals surface area contributed by atoms with Crippen molar-refractivity contribution in [3.8, 4) is 11.1 Å². The molecule has 11 aromatic rings. The lowest BCUT2D eigenvalue weighted by atomic mass is 9.65. The number of benzene rings is 11. The van der Waals surface area contributed by atoms with Crippen molar-refractivity contribution in [3.63, 3.8) is 0 Å². The van der Waals surface area contributed by atoms with Gasteiger partial charge in [0.25, 0.3) is 0 Å². The van der Waals surface area contributed by atoms with E-state index in [1.165, 1.54) is 5.56 Å². The predicted octanol–water partition coefficient (Wildman–Crippen LogP) is 18.2. The molecule has 5 nitrogen and oxygen atoms in total. The van der Waals surface area contributed by atoms with Gasteiger partial charge in [-0.25, -0.2) is 0 Å². The third kappa shape index (κ3) is 8.09. The first kappa shape index (κ1) is 48.0. The van der Waals surface area contributed by atoms with Gasteiger partial charge in [-0.1, -0.05) is 212 Å². The Morgan fingerprint density at radius 1 is 0.362 bits per heavy atom. The average Bonchev–Trinajstić information content (AvgIpc) is 2.81. The van der Waals surface area contributed by atoms with Gasteiger partial charge in [-0.05, 0) is 130 Å². The number of ketones is 2. The number of nitrogens with zero attached hydrogens (tertiary/aromatic N) is 3. The highest BCUT2D eigenvalue weighted by atomic mass is 16.1. The van der Waals surface area contributed by atoms with Crippen LogP contribution in [-0.2, 0) is 5.41 Å². The molecule has 3 atom stereocenters. The summed E-state index contributed by atoms with van der Waals surface area (Å²) in [5.74, 6) is -0.312. The fourth-order valence-electron chi connectivity index (χ4n) is 12.7. The van der Waals surface area contributed by atoms with E-state index < -0.39 is 5.41 Å². The summed E-state index contributed by atoms with van der Waals surface area (Å²) in [7, 11) is 0. The molecule has 0 spiro atoms. The van der Waals surface area contributed by atoms with Gasteiger partial charge in [0.15, 0.2) is 11.6 Å². The number of allylic oxidation sites excluding steroid dienone is 2. The van der Waals surface area contributed by atoms with Crippen molar-refractivity contribution < 1.29 is 9.59 Å². The lowest BCUT2D eigenvalue weighted by molar-refractivity contribution is 0.103. The highest BCUT2D eigenvalue weighted by molar-refractivity contribution is 6.14. The molecule has 5 heteroatoms. The van der Waals surface area contributed by atoms with Crippen LogP contribution in [0.5, 0.6) is 0 Å². The molecule has 0 amide bonds. The first-order chi connectivity index (χ1) is 39.5. The third-order valence-corrected chi connectivity index (χ3v) is 16.1. The summed E-state index contributed by atoms with van der Waals surface area (Å²) in [5.41, 5.74) is 15.9. The molecule has 3 aliphatic rings. The number of carbonyl (C=O) groups excluding carboxylic acids is 2. The van der Waals surface area contributed by atoms with Gasteiger partial charge in [0.1, 0.15) is 0 Å². The van der Waals surface area contributed by atoms with Gasteiger partial charge < -0.3 is 14.7 Å². The molecule has 380 valence electrons. The summed E-state index contributed by atoms with van der Waals surface area (Å²) in [5, 5.41) is 0. The van der Waals surface area contributed by atoms with Gasteiger partial charge in [0, 0.05) is 73.5 Å². The van der Waals surface area contributed by atoms with Gasteiger partial charge in [-0.3, -0.25) is 9.59 Å². The number of rotatable bonds is 13. The van der Waals surface area contributed by atoms with Crippen molar-refractivity contribution in [3.05, 3.63) is 359 Å². The van der Waals surface area contributed by atoms with E-state index in [4.69, 9.17) is 0 Å². The van der Waals surface area contributed by atoms with Crippen LogP contribution < -0.4 is 14.7 Å². The molecular formula is C75H53N3O2. The van der Waals surface area contributed by atoms with Crippen LogP contribution in [0.25, 0.3) is 11.1 Å². The summed E-state index contributed by atoms with van der Waals surface area (Å²) >= 11 is 0. The Kier molecular flexibility index (Phi) is 12.1. The Labute approximate surface area is 466 Å². The van der Waals surface area contributed by atoms with E-state index in [2.05, 4.69) is 257 Å². The number of fused-ring (bicyclic) bond motifs is 7. The quantitative estimate of drug-likeness (QED) is 0.108. The second kappa shape index (κ2) is 20.2. The van der Waals surface area contributed by atoms with E-state index in [-0.39, 0.29) is 23.5 Å². The zero-order chi connectivity index (χ0) is 53.6. The molecule has 0 saturated heterocycles. The molecule has 0 radical (unpaired) electrons. The topological polar surface area (TPSA) is 43.9 Å². The van der Waals surface area contributed by atoms with Gasteiger partial charge in [-0.15, -0.1) is 0 Å². The van der Waals surface area contributed by atoms with Crippen molar-refractivity contribution in [2.45, 2.75) is 17.4 Å². The lowest BCUT2D eigenvalue weighted by Crippen LogP contribution is -2.34. The molecule has 80 heavy (non-hydrogen) atoms. The second-order valence-corrected chi connectivity index (χ2v) is 20.7. The van der Waals surface area contributed by atoms with Crippen LogP contribution in [-0.4, -0.2) is 17.6 Å². The van der Waals surface area contributed by atoms with Crippen LogP contribution >= 0.6 is 0 Å². The molecule has 0 aromatic heterocycles. The fourth-order valence-corrected chi connectivity index (χ4v) is 12.7. The van der Waals surface area contributed by atoms with Crippen LogP contribution in [0.4, 0.5) is 45.5 Å². The maximum atomic E-state index is 15.4. The Bertz CT molecular complexity index is 3920. The molecule has 0 N–H and O–H groups in total. The molecule has 11 aromatic carbocycles. The van der Waals surface area contributed by atoms with Crippen molar-refractivity contribution in [1.82, 2.24) is 0 Å². The van der Waals surface area contributed by atoms with E-state index in [0.717, 1.165) is 78.9 Å². The minimum absolute atomic E-state index is 0.0309. The van der Waals surface area contributed by atoms with E-state index in [1.807, 2.05) is 60.7 Å². The maximum absolute atomic E-state index is 15.4. The smallest absolute Gasteiger partial charge is 0.193 e. The van der Waals surface area contributed by atoms with Crippen molar-refractivity contribution in [1.29, 1.82) is 0 Å². The van der Waals surface area contributed by atoms with Gasteiger partial charge in [0.2, 0.25) is 0 Å². The number of para-hydroxylation sites is 5. The number of hydrogen-bond acceptors (Lipinski definition) is 5. The molecule has 0 saturated carbocycles. The second-order valence-electron chi connectivity index (χ2n) is 20.7. The summed E-state index contributed by atoms with van der Waals surface area (Å²) in [6, 6.07) is 98.3. The normalized spacial score (nSPS) is 16.3. The molecule has 0 fully saturated rings. The highest BCUT2D eigenvalue weighted by Gasteiger charge is 2.53. The molecule has 1 aliphatic heterocycles. The van der Waals surface area contributed by atoms with E-state index in [0.29, 0.717) is 22.3 Å². The Morgan fingerprint density at radius 2 is 0.787 bits per heavy atom. The van der Waals surface area contributed by atoms with Crippen molar-refractivity contribution >= 4 is 57.1 Å². The standard InChI is InChI=1S/C75H53N3O2/c79-73(52-26-8-1-9-27-52)54-46-55(74(80)53-28-10-2-11-29-53)48-56(47-54)75(69-42-24-22-40-65(69)67-44-45-68-66-41-23-25-43-70(66)78(72(68)71(67)75)62-38-20-7-21-39-62)57-49-63(76(58-30-12-3-13-31-58)59-32-14-4-15-33-59)51-64(50-57)77(60-34-16-5-17-35-60)61-36-18-6-19-37-61/h1-51,66,70H. The zero-order valence-electron chi connectivity index (χ0n) is 43.8. The monoisotopic (exact) mass is 1030 g/mol. The summed E-state index contributed by atoms with van der Waals surface area (Å²) < 4.78 is 0. The number of anilines is 8. The number of carbonyl (C=O) groups is 2. The minimum Gasteiger partial charge on any atom is -0.333 e. The van der Waals surface area contributed by atoms with Crippen LogP contribution in [0, 0.1) is 0 Å².